The van der Waals surface area contributed by atoms with E-state index in [4.69, 9.17) is 0 Å². The predicted octanol–water partition coefficient (Wildman–Crippen LogP) is 3.17. The van der Waals surface area contributed by atoms with Crippen LogP contribution in [-0.4, -0.2) is 12.5 Å². The second-order valence-electron chi connectivity index (χ2n) is 4.26. The molecule has 2 aromatic carbocycles. The zero-order valence-electron chi connectivity index (χ0n) is 9.97. The smallest absolute Gasteiger partial charge is 0.233 e. The summed E-state index contributed by atoms with van der Waals surface area (Å²) in [7, 11) is 0. The van der Waals surface area contributed by atoms with Gasteiger partial charge in [0, 0.05) is 18.7 Å². The quantitative estimate of drug-likeness (QED) is 0.827. The summed E-state index contributed by atoms with van der Waals surface area (Å²) in [6, 6.07) is 17.7. The third-order valence-corrected chi connectivity index (χ3v) is 3.06. The molecule has 1 N–H and O–H groups in total. The summed E-state index contributed by atoms with van der Waals surface area (Å²) in [4.78, 5) is 14.1. The maximum atomic E-state index is 12.3. The molecule has 1 aliphatic rings. The predicted molar refractivity (Wildman–Crippen MR) is 73.1 cm³/mol. The lowest BCUT2D eigenvalue weighted by atomic mass is 10.2. The van der Waals surface area contributed by atoms with Crippen molar-refractivity contribution in [3.8, 4) is 0 Å². The minimum atomic E-state index is 0.124. The molecule has 0 aromatic heterocycles. The SMILES string of the molecule is O=C1CCNc2ccccc2N1c1ccccc1. The molecule has 2 aromatic rings. The summed E-state index contributed by atoms with van der Waals surface area (Å²) in [6.45, 7) is 0.680. The number of anilines is 3. The summed E-state index contributed by atoms with van der Waals surface area (Å²) in [5.74, 6) is 0.124. The van der Waals surface area contributed by atoms with E-state index in [0.717, 1.165) is 17.1 Å². The molecule has 0 aliphatic carbocycles. The lowest BCUT2D eigenvalue weighted by Crippen LogP contribution is -2.24. The molecule has 3 nitrogen and oxygen atoms in total. The molecule has 0 unspecified atom stereocenters. The van der Waals surface area contributed by atoms with Gasteiger partial charge in [-0.1, -0.05) is 30.3 Å². The van der Waals surface area contributed by atoms with E-state index < -0.39 is 0 Å². The van der Waals surface area contributed by atoms with Crippen LogP contribution >= 0.6 is 0 Å². The minimum absolute atomic E-state index is 0.124. The van der Waals surface area contributed by atoms with Crippen molar-refractivity contribution in [2.45, 2.75) is 6.42 Å². The molecule has 1 aliphatic heterocycles. The third kappa shape index (κ3) is 1.84. The molecule has 0 spiro atoms. The Morgan fingerprint density at radius 1 is 0.944 bits per heavy atom. The van der Waals surface area contributed by atoms with Gasteiger partial charge in [0.15, 0.2) is 0 Å². The number of nitrogens with one attached hydrogen (secondary N) is 1. The Labute approximate surface area is 106 Å². The highest BCUT2D eigenvalue weighted by Crippen LogP contribution is 2.34. The topological polar surface area (TPSA) is 32.3 Å². The first-order valence-electron chi connectivity index (χ1n) is 6.07. The van der Waals surface area contributed by atoms with Crippen LogP contribution in [0.4, 0.5) is 17.1 Å². The number of nitrogens with zero attached hydrogens (tertiary/aromatic N) is 1. The van der Waals surface area contributed by atoms with E-state index in [9.17, 15) is 4.79 Å². The van der Waals surface area contributed by atoms with Gasteiger partial charge in [-0.25, -0.2) is 0 Å². The van der Waals surface area contributed by atoms with E-state index in [0.29, 0.717) is 13.0 Å². The van der Waals surface area contributed by atoms with Crippen molar-refractivity contribution < 1.29 is 4.79 Å². The normalized spacial score (nSPS) is 14.7. The van der Waals surface area contributed by atoms with Crippen LogP contribution in [0.25, 0.3) is 0 Å². The molecule has 3 heteroatoms. The van der Waals surface area contributed by atoms with Crippen LogP contribution in [-0.2, 0) is 4.79 Å². The van der Waals surface area contributed by atoms with Crippen molar-refractivity contribution in [3.05, 3.63) is 54.6 Å². The van der Waals surface area contributed by atoms with Crippen LogP contribution in [0.15, 0.2) is 54.6 Å². The highest BCUT2D eigenvalue weighted by molar-refractivity contribution is 6.04. The van der Waals surface area contributed by atoms with E-state index in [1.807, 2.05) is 54.6 Å². The summed E-state index contributed by atoms with van der Waals surface area (Å²) in [5, 5.41) is 3.29. The number of hydrogen-bond acceptors (Lipinski definition) is 2. The van der Waals surface area contributed by atoms with Gasteiger partial charge in [0.25, 0.3) is 0 Å². The number of rotatable bonds is 1. The zero-order valence-corrected chi connectivity index (χ0v) is 9.97. The van der Waals surface area contributed by atoms with Crippen LogP contribution in [0, 0.1) is 0 Å². The van der Waals surface area contributed by atoms with Gasteiger partial charge < -0.3 is 5.32 Å². The molecule has 3 rings (SSSR count). The lowest BCUT2D eigenvalue weighted by molar-refractivity contribution is -0.117. The zero-order chi connectivity index (χ0) is 12.4. The number of fused-ring (bicyclic) bond motifs is 1. The third-order valence-electron chi connectivity index (χ3n) is 3.06. The van der Waals surface area contributed by atoms with E-state index >= 15 is 0 Å². The second-order valence-corrected chi connectivity index (χ2v) is 4.26. The maximum Gasteiger partial charge on any atom is 0.233 e. The highest BCUT2D eigenvalue weighted by Gasteiger charge is 2.22. The van der Waals surface area contributed by atoms with Gasteiger partial charge in [-0.3, -0.25) is 9.69 Å². The molecule has 0 atom stereocenters. The molecule has 0 saturated heterocycles. The number of carbonyl (C=O) groups excluding carboxylic acids is 1. The average molecular weight is 238 g/mol. The van der Waals surface area contributed by atoms with E-state index in [2.05, 4.69) is 5.32 Å². The standard InChI is InChI=1S/C15H14N2O/c18-15-10-11-16-13-8-4-5-9-14(13)17(15)12-6-2-1-3-7-12/h1-9,16H,10-11H2. The first kappa shape index (κ1) is 10.8. The van der Waals surface area contributed by atoms with Crippen molar-refractivity contribution in [2.24, 2.45) is 0 Å². The minimum Gasteiger partial charge on any atom is -0.383 e. The fourth-order valence-electron chi connectivity index (χ4n) is 2.23. The Balaban J connectivity index is 2.14. The highest BCUT2D eigenvalue weighted by atomic mass is 16.2. The van der Waals surface area contributed by atoms with Crippen LogP contribution in [0.1, 0.15) is 6.42 Å². The monoisotopic (exact) mass is 238 g/mol. The maximum absolute atomic E-state index is 12.3. The Morgan fingerprint density at radius 2 is 1.67 bits per heavy atom. The average Bonchev–Trinajstić information content (AvgIpc) is 2.58. The fourth-order valence-corrected chi connectivity index (χ4v) is 2.23. The molecule has 1 amide bonds. The number of benzene rings is 2. The second kappa shape index (κ2) is 4.53. The van der Waals surface area contributed by atoms with Crippen molar-refractivity contribution in [2.75, 3.05) is 16.8 Å². The van der Waals surface area contributed by atoms with Gasteiger partial charge >= 0.3 is 0 Å². The van der Waals surface area contributed by atoms with Crippen LogP contribution in [0.5, 0.6) is 0 Å². The first-order chi connectivity index (χ1) is 8.86. The van der Waals surface area contributed by atoms with Gasteiger partial charge in [-0.15, -0.1) is 0 Å². The summed E-state index contributed by atoms with van der Waals surface area (Å²) in [5.41, 5.74) is 2.84. The molecular weight excluding hydrogens is 224 g/mol. The van der Waals surface area contributed by atoms with Gasteiger partial charge in [-0.2, -0.15) is 0 Å². The van der Waals surface area contributed by atoms with Crippen molar-refractivity contribution in [3.63, 3.8) is 0 Å². The Hall–Kier alpha value is -2.29. The van der Waals surface area contributed by atoms with Gasteiger partial charge in [0.1, 0.15) is 0 Å². The van der Waals surface area contributed by atoms with Crippen LogP contribution in [0.2, 0.25) is 0 Å². The van der Waals surface area contributed by atoms with Crippen LogP contribution < -0.4 is 10.2 Å². The lowest BCUT2D eigenvalue weighted by Gasteiger charge is -2.22. The molecule has 1 heterocycles. The molecule has 0 bridgehead atoms. The van der Waals surface area contributed by atoms with Gasteiger partial charge in [0.2, 0.25) is 5.91 Å². The van der Waals surface area contributed by atoms with Crippen molar-refractivity contribution in [1.82, 2.24) is 0 Å². The number of para-hydroxylation sites is 3. The van der Waals surface area contributed by atoms with Gasteiger partial charge in [-0.05, 0) is 24.3 Å². The molecule has 18 heavy (non-hydrogen) atoms. The van der Waals surface area contributed by atoms with Crippen molar-refractivity contribution >= 4 is 23.0 Å². The fraction of sp³-hybridized carbons (Fsp3) is 0.133. The molecular formula is C15H14N2O. The van der Waals surface area contributed by atoms with E-state index in [1.165, 1.54) is 0 Å². The number of hydrogen-bond donors (Lipinski definition) is 1. The van der Waals surface area contributed by atoms with Gasteiger partial charge in [0.05, 0.1) is 11.4 Å². The van der Waals surface area contributed by atoms with E-state index in [1.54, 1.807) is 4.90 Å². The summed E-state index contributed by atoms with van der Waals surface area (Å²) in [6.07, 6.45) is 0.504. The Bertz CT molecular complexity index is 566. The molecule has 0 radical (unpaired) electrons. The first-order valence-corrected chi connectivity index (χ1v) is 6.07. The molecule has 90 valence electrons. The Morgan fingerprint density at radius 3 is 2.50 bits per heavy atom. The number of carbonyl (C=O) groups is 1. The summed E-state index contributed by atoms with van der Waals surface area (Å²) < 4.78 is 0. The number of amides is 1. The largest absolute Gasteiger partial charge is 0.383 e. The molecule has 0 fully saturated rings. The van der Waals surface area contributed by atoms with E-state index in [-0.39, 0.29) is 5.91 Å². The molecule has 0 saturated carbocycles. The Kier molecular flexibility index (Phi) is 2.73. The van der Waals surface area contributed by atoms with Crippen molar-refractivity contribution in [1.29, 1.82) is 0 Å². The van der Waals surface area contributed by atoms with Crippen LogP contribution in [0.3, 0.4) is 0 Å². The summed E-state index contributed by atoms with van der Waals surface area (Å²) >= 11 is 0.